The average molecular weight is 231 g/mol. The summed E-state index contributed by atoms with van der Waals surface area (Å²) in [7, 11) is 1.60. The Morgan fingerprint density at radius 3 is 2.47 bits per heavy atom. The molecule has 0 aliphatic carbocycles. The number of methoxy groups -OCH3 is 1. The van der Waals surface area contributed by atoms with E-state index in [-0.39, 0.29) is 11.8 Å². The van der Waals surface area contributed by atoms with E-state index in [1.54, 1.807) is 13.2 Å². The van der Waals surface area contributed by atoms with Crippen LogP contribution in [0.5, 0.6) is 11.8 Å². The molecule has 0 saturated carbocycles. The molecule has 2 N–H and O–H groups in total. The van der Waals surface area contributed by atoms with E-state index < -0.39 is 5.60 Å². The van der Waals surface area contributed by atoms with Gasteiger partial charge in [-0.25, -0.2) is 0 Å². The Hall–Kier alpha value is -0.810. The quantitative estimate of drug-likeness (QED) is 0.779. The Labute approximate surface area is 93.9 Å². The third kappa shape index (κ3) is 2.60. The summed E-state index contributed by atoms with van der Waals surface area (Å²) in [6, 6.07) is 1.55. The van der Waals surface area contributed by atoms with Gasteiger partial charge in [0.15, 0.2) is 5.88 Å². The zero-order valence-electron chi connectivity index (χ0n) is 9.44. The van der Waals surface area contributed by atoms with Gasteiger partial charge < -0.3 is 14.9 Å². The van der Waals surface area contributed by atoms with Crippen molar-refractivity contribution in [3.05, 3.63) is 6.07 Å². The van der Waals surface area contributed by atoms with Crippen molar-refractivity contribution in [3.8, 4) is 11.8 Å². The predicted octanol–water partition coefficient (Wildman–Crippen LogP) is 2.05. The zero-order valence-corrected chi connectivity index (χ0v) is 10.3. The van der Waals surface area contributed by atoms with Gasteiger partial charge in [0.05, 0.1) is 17.0 Å². The van der Waals surface area contributed by atoms with Crippen molar-refractivity contribution in [1.82, 2.24) is 4.57 Å². The Balaban J connectivity index is 2.99. The molecule has 4 nitrogen and oxygen atoms in total. The number of rotatable bonds is 4. The first-order valence-corrected chi connectivity index (χ1v) is 5.84. The van der Waals surface area contributed by atoms with Crippen LogP contribution in [0.3, 0.4) is 0 Å². The van der Waals surface area contributed by atoms with Gasteiger partial charge >= 0.3 is 0 Å². The van der Waals surface area contributed by atoms with Crippen LogP contribution in [0.25, 0.3) is 0 Å². The van der Waals surface area contributed by atoms with Crippen molar-refractivity contribution >= 4 is 11.8 Å². The summed E-state index contributed by atoms with van der Waals surface area (Å²) in [6.45, 7) is 4.19. The molecule has 0 fully saturated rings. The number of aromatic hydroxyl groups is 2. The van der Waals surface area contributed by atoms with E-state index in [9.17, 15) is 10.2 Å². The van der Waals surface area contributed by atoms with E-state index in [1.807, 2.05) is 20.1 Å². The number of hydrogen-bond acceptors (Lipinski definition) is 4. The van der Waals surface area contributed by atoms with E-state index in [2.05, 4.69) is 0 Å². The van der Waals surface area contributed by atoms with E-state index >= 15 is 0 Å². The van der Waals surface area contributed by atoms with Crippen LogP contribution in [0.4, 0.5) is 0 Å². The fourth-order valence-corrected chi connectivity index (χ4v) is 1.77. The van der Waals surface area contributed by atoms with Gasteiger partial charge in [0.1, 0.15) is 0 Å². The highest BCUT2D eigenvalue weighted by molar-refractivity contribution is 7.98. The highest BCUT2D eigenvalue weighted by atomic mass is 32.2. The maximum Gasteiger partial charge on any atom is 0.208 e. The summed E-state index contributed by atoms with van der Waals surface area (Å²) >= 11 is 1.39. The molecule has 0 spiro atoms. The van der Waals surface area contributed by atoms with Crippen molar-refractivity contribution in [2.24, 2.45) is 0 Å². The topological polar surface area (TPSA) is 54.6 Å². The van der Waals surface area contributed by atoms with Gasteiger partial charge in [-0.1, -0.05) is 0 Å². The number of thioether (sulfide) groups is 1. The lowest BCUT2D eigenvalue weighted by molar-refractivity contribution is 0.00510. The van der Waals surface area contributed by atoms with Gasteiger partial charge in [0.25, 0.3) is 0 Å². The highest BCUT2D eigenvalue weighted by Gasteiger charge is 2.22. The van der Waals surface area contributed by atoms with Crippen molar-refractivity contribution in [1.29, 1.82) is 0 Å². The van der Waals surface area contributed by atoms with E-state index in [0.717, 1.165) is 0 Å². The fraction of sp³-hybridized carbons (Fsp3) is 0.600. The SMILES string of the molecule is COC(C)(C)Cn1c(O)cc(SC)c1O. The maximum absolute atomic E-state index is 9.80. The first kappa shape index (κ1) is 12.3. The standard InChI is InChI=1S/C10H17NO3S/c1-10(2,14-3)6-11-8(12)5-7(15-4)9(11)13/h5,12-13H,6H2,1-4H3. The van der Waals surface area contributed by atoms with Crippen molar-refractivity contribution in [2.75, 3.05) is 13.4 Å². The van der Waals surface area contributed by atoms with Gasteiger partial charge in [-0.3, -0.25) is 4.57 Å². The van der Waals surface area contributed by atoms with E-state index in [4.69, 9.17) is 4.74 Å². The maximum atomic E-state index is 9.80. The van der Waals surface area contributed by atoms with Gasteiger partial charge in [-0.2, -0.15) is 0 Å². The largest absolute Gasteiger partial charge is 0.494 e. The molecular weight excluding hydrogens is 214 g/mol. The van der Waals surface area contributed by atoms with Gasteiger partial charge in [0.2, 0.25) is 5.88 Å². The molecule has 0 saturated heterocycles. The molecule has 0 amide bonds. The van der Waals surface area contributed by atoms with Crippen molar-refractivity contribution in [3.63, 3.8) is 0 Å². The molecule has 1 rings (SSSR count). The number of aromatic nitrogens is 1. The minimum absolute atomic E-state index is 0.0574. The summed E-state index contributed by atoms with van der Waals surface area (Å²) in [4.78, 5) is 0.666. The molecule has 86 valence electrons. The third-order valence-electron chi connectivity index (χ3n) is 2.32. The van der Waals surface area contributed by atoms with E-state index in [1.165, 1.54) is 16.3 Å². The number of hydrogen-bond donors (Lipinski definition) is 2. The molecule has 0 bridgehead atoms. The van der Waals surface area contributed by atoms with E-state index in [0.29, 0.717) is 11.4 Å². The molecule has 0 atom stereocenters. The zero-order chi connectivity index (χ0) is 11.6. The summed E-state index contributed by atoms with van der Waals surface area (Å²) in [5.41, 5.74) is -0.427. The Kier molecular flexibility index (Phi) is 3.57. The van der Waals surface area contributed by atoms with Gasteiger partial charge in [-0.15, -0.1) is 11.8 Å². The minimum Gasteiger partial charge on any atom is -0.494 e. The van der Waals surface area contributed by atoms with Gasteiger partial charge in [-0.05, 0) is 20.1 Å². The minimum atomic E-state index is -0.427. The first-order chi connectivity index (χ1) is 6.91. The molecule has 5 heteroatoms. The van der Waals surface area contributed by atoms with Crippen LogP contribution in [-0.2, 0) is 11.3 Å². The summed E-state index contributed by atoms with van der Waals surface area (Å²) in [5, 5.41) is 19.4. The first-order valence-electron chi connectivity index (χ1n) is 4.62. The Morgan fingerprint density at radius 2 is 2.07 bits per heavy atom. The van der Waals surface area contributed by atoms with Crippen LogP contribution in [0.2, 0.25) is 0 Å². The summed E-state index contributed by atoms with van der Waals surface area (Å²) < 4.78 is 6.68. The molecule has 1 aromatic rings. The molecule has 0 radical (unpaired) electrons. The fourth-order valence-electron chi connectivity index (χ4n) is 1.25. The second kappa shape index (κ2) is 4.37. The normalized spacial score (nSPS) is 12.0. The lowest BCUT2D eigenvalue weighted by atomic mass is 10.1. The van der Waals surface area contributed by atoms with Crippen LogP contribution in [0.1, 0.15) is 13.8 Å². The van der Waals surface area contributed by atoms with Crippen LogP contribution in [-0.4, -0.2) is 33.7 Å². The monoisotopic (exact) mass is 231 g/mol. The molecule has 0 aromatic carbocycles. The second-order valence-electron chi connectivity index (χ2n) is 3.94. The number of ether oxygens (including phenoxy) is 1. The second-order valence-corrected chi connectivity index (χ2v) is 4.79. The lowest BCUT2D eigenvalue weighted by Gasteiger charge is -2.24. The van der Waals surface area contributed by atoms with Crippen LogP contribution in [0.15, 0.2) is 11.0 Å². The van der Waals surface area contributed by atoms with Crippen molar-refractivity contribution in [2.45, 2.75) is 30.9 Å². The van der Waals surface area contributed by atoms with Crippen LogP contribution >= 0.6 is 11.8 Å². The smallest absolute Gasteiger partial charge is 0.208 e. The molecule has 15 heavy (non-hydrogen) atoms. The average Bonchev–Trinajstić information content (AvgIpc) is 2.45. The Morgan fingerprint density at radius 1 is 1.47 bits per heavy atom. The van der Waals surface area contributed by atoms with Crippen LogP contribution in [0, 0.1) is 0 Å². The molecule has 0 aliphatic rings. The van der Waals surface area contributed by atoms with Crippen LogP contribution < -0.4 is 0 Å². The van der Waals surface area contributed by atoms with Crippen molar-refractivity contribution < 1.29 is 14.9 Å². The predicted molar refractivity (Wildman–Crippen MR) is 60.6 cm³/mol. The lowest BCUT2D eigenvalue weighted by Crippen LogP contribution is -2.28. The molecule has 1 heterocycles. The molecular formula is C10H17NO3S. The molecule has 1 aromatic heterocycles. The molecule has 0 aliphatic heterocycles. The highest BCUT2D eigenvalue weighted by Crippen LogP contribution is 2.35. The number of nitrogens with zero attached hydrogens (tertiary/aromatic N) is 1. The summed E-state index contributed by atoms with van der Waals surface area (Å²) in [5.74, 6) is 0.145. The Bertz CT molecular complexity index is 347. The third-order valence-corrected chi connectivity index (χ3v) is 3.06. The van der Waals surface area contributed by atoms with Gasteiger partial charge in [0, 0.05) is 13.2 Å². The summed E-state index contributed by atoms with van der Waals surface area (Å²) in [6.07, 6.45) is 1.85. The molecule has 0 unspecified atom stereocenters.